The number of halogens is 6. The number of ketones is 2. The van der Waals surface area contributed by atoms with Gasteiger partial charge >= 0.3 is 23.9 Å². The monoisotopic (exact) mass is 704 g/mol. The van der Waals surface area contributed by atoms with E-state index in [0.717, 1.165) is 37.8 Å². The van der Waals surface area contributed by atoms with Crippen molar-refractivity contribution in [2.75, 3.05) is 44.6 Å². The first-order valence-corrected chi connectivity index (χ1v) is 15.8. The molecule has 0 spiro atoms. The fourth-order valence-electron chi connectivity index (χ4n) is 4.80. The van der Waals surface area contributed by atoms with Crippen LogP contribution in [-0.4, -0.2) is 91.1 Å². The number of nitrogens with zero attached hydrogens (tertiary/aromatic N) is 1. The van der Waals surface area contributed by atoms with Gasteiger partial charge in [0.25, 0.3) is 5.91 Å². The lowest BCUT2D eigenvalue weighted by Gasteiger charge is -2.30. The quantitative estimate of drug-likeness (QED) is 0.0804. The fourth-order valence-corrected chi connectivity index (χ4v) is 4.80. The molecule has 16 heteroatoms. The van der Waals surface area contributed by atoms with Crippen LogP contribution in [0.15, 0.2) is 42.5 Å². The van der Waals surface area contributed by atoms with Crippen LogP contribution in [0, 0.1) is 0 Å². The third kappa shape index (κ3) is 14.1. The molecule has 1 aliphatic heterocycles. The van der Waals surface area contributed by atoms with E-state index in [1.807, 2.05) is 29.2 Å². The standard InChI is InChI=1S/C29H42N4O4.C4F6O2/c1-3-4-8-22(2)33(27(36)15-18-30-16-13-23-9-6-5-7-10-23)20-19-31-17-14-24-11-12-25(34)28-29(24)37-21-26(35)32-28;5-3(6,7)1(11)2(12)4(8,9)10/h5-7,9-12,22,30-31,34H,3-4,8,13-21H2,1-2H3,(H,32,35);/t22-;/m1./s1. The number of carbonyl (C=O) groups excluding carboxylic acids is 4. The SMILES string of the molecule is CCCC[C@@H](C)N(CCNCCc1ccc(O)c2c1OCC(=O)N2)C(=O)CCNCCc1ccccc1.O=C(C(=O)C(F)(F)F)C(F)(F)F. The Kier molecular flexibility index (Phi) is 16.5. The average molecular weight is 705 g/mol. The lowest BCUT2D eigenvalue weighted by Crippen LogP contribution is -2.43. The molecule has 0 fully saturated rings. The van der Waals surface area contributed by atoms with Gasteiger partial charge < -0.3 is 30.7 Å². The van der Waals surface area contributed by atoms with Crippen molar-refractivity contribution in [2.45, 2.75) is 70.8 Å². The fraction of sp³-hybridized carbons (Fsp3) is 0.515. The molecule has 1 aliphatic rings. The largest absolute Gasteiger partial charge is 0.506 e. The Balaban J connectivity index is 0.000000591. The van der Waals surface area contributed by atoms with Crippen molar-refractivity contribution >= 4 is 29.1 Å². The minimum atomic E-state index is -5.77. The summed E-state index contributed by atoms with van der Waals surface area (Å²) in [5.41, 5.74) is 2.56. The lowest BCUT2D eigenvalue weighted by atomic mass is 10.1. The first-order valence-electron chi connectivity index (χ1n) is 15.8. The number of phenolic OH excluding ortho intramolecular Hbond substituents is 1. The maximum absolute atomic E-state index is 13.1. The molecule has 2 amide bonds. The molecule has 272 valence electrons. The van der Waals surface area contributed by atoms with Crippen LogP contribution in [0.3, 0.4) is 0 Å². The van der Waals surface area contributed by atoms with Crippen molar-refractivity contribution in [1.82, 2.24) is 15.5 Å². The predicted octanol–water partition coefficient (Wildman–Crippen LogP) is 4.73. The van der Waals surface area contributed by atoms with Crippen molar-refractivity contribution in [3.8, 4) is 11.5 Å². The molecule has 1 heterocycles. The molecule has 0 unspecified atom stereocenters. The van der Waals surface area contributed by atoms with E-state index in [-0.39, 0.29) is 30.2 Å². The summed E-state index contributed by atoms with van der Waals surface area (Å²) in [6.07, 6.45) is -6.18. The number of carbonyl (C=O) groups is 4. The first-order chi connectivity index (χ1) is 23.1. The van der Waals surface area contributed by atoms with E-state index in [4.69, 9.17) is 4.74 Å². The number of phenols is 1. The molecule has 0 aliphatic carbocycles. The van der Waals surface area contributed by atoms with Crippen molar-refractivity contribution in [3.63, 3.8) is 0 Å². The van der Waals surface area contributed by atoms with Crippen LogP contribution in [0.2, 0.25) is 0 Å². The summed E-state index contributed by atoms with van der Waals surface area (Å²) >= 11 is 0. The Morgan fingerprint density at radius 2 is 1.53 bits per heavy atom. The summed E-state index contributed by atoms with van der Waals surface area (Å²) < 4.78 is 72.5. The van der Waals surface area contributed by atoms with E-state index in [1.165, 1.54) is 5.56 Å². The van der Waals surface area contributed by atoms with Gasteiger partial charge in [0.1, 0.15) is 11.4 Å². The highest BCUT2D eigenvalue weighted by Gasteiger charge is 2.54. The van der Waals surface area contributed by atoms with Crippen LogP contribution in [0.5, 0.6) is 11.5 Å². The Hall–Kier alpha value is -4.18. The number of Topliss-reactive ketones (excluding diaryl/α,β-unsaturated/α-hetero) is 2. The maximum Gasteiger partial charge on any atom is 0.458 e. The molecule has 0 saturated heterocycles. The number of amides is 2. The number of benzene rings is 2. The second-order valence-corrected chi connectivity index (χ2v) is 11.3. The number of fused-ring (bicyclic) bond motifs is 1. The van der Waals surface area contributed by atoms with E-state index >= 15 is 0 Å². The summed E-state index contributed by atoms with van der Waals surface area (Å²) in [6.45, 7) is 7.86. The second-order valence-electron chi connectivity index (χ2n) is 11.3. The molecule has 49 heavy (non-hydrogen) atoms. The highest BCUT2D eigenvalue weighted by atomic mass is 19.4. The number of unbranched alkanes of at least 4 members (excludes halogenated alkanes) is 1. The smallest absolute Gasteiger partial charge is 0.458 e. The predicted molar refractivity (Wildman–Crippen MR) is 169 cm³/mol. The number of ether oxygens (including phenoxy) is 1. The maximum atomic E-state index is 13.1. The number of hydrogen-bond acceptors (Lipinski definition) is 8. The molecule has 3 rings (SSSR count). The number of rotatable bonds is 17. The van der Waals surface area contributed by atoms with Gasteiger partial charge in [0.2, 0.25) is 5.91 Å². The third-order valence-corrected chi connectivity index (χ3v) is 7.43. The molecule has 0 saturated carbocycles. The van der Waals surface area contributed by atoms with E-state index in [2.05, 4.69) is 41.9 Å². The highest BCUT2D eigenvalue weighted by Crippen LogP contribution is 2.39. The van der Waals surface area contributed by atoms with Gasteiger partial charge in [-0.25, -0.2) is 0 Å². The Morgan fingerprint density at radius 3 is 2.14 bits per heavy atom. The molecular weight excluding hydrogens is 662 g/mol. The average Bonchev–Trinajstić information content (AvgIpc) is 3.05. The van der Waals surface area contributed by atoms with E-state index in [0.29, 0.717) is 50.5 Å². The van der Waals surface area contributed by atoms with Crippen molar-refractivity contribution in [2.24, 2.45) is 0 Å². The van der Waals surface area contributed by atoms with Crippen molar-refractivity contribution in [3.05, 3.63) is 53.6 Å². The molecule has 10 nitrogen and oxygen atoms in total. The number of alkyl halides is 6. The topological polar surface area (TPSA) is 137 Å². The van der Waals surface area contributed by atoms with Gasteiger partial charge in [-0.05, 0) is 56.5 Å². The van der Waals surface area contributed by atoms with Gasteiger partial charge in [-0.3, -0.25) is 19.2 Å². The zero-order chi connectivity index (χ0) is 36.6. The van der Waals surface area contributed by atoms with Crippen LogP contribution in [-0.2, 0) is 32.0 Å². The first kappa shape index (κ1) is 41.0. The molecule has 2 aromatic carbocycles. The van der Waals surface area contributed by atoms with Crippen molar-refractivity contribution < 1.29 is 55.4 Å². The Bertz CT molecular complexity index is 1360. The minimum Gasteiger partial charge on any atom is -0.506 e. The summed E-state index contributed by atoms with van der Waals surface area (Å²) in [5.74, 6) is -6.36. The van der Waals surface area contributed by atoms with Gasteiger partial charge in [0.05, 0.1) is 0 Å². The zero-order valence-corrected chi connectivity index (χ0v) is 27.3. The molecule has 0 bridgehead atoms. The molecule has 1 atom stereocenters. The number of anilines is 1. The van der Waals surface area contributed by atoms with E-state index in [9.17, 15) is 50.6 Å². The molecule has 0 radical (unpaired) electrons. The molecule has 2 aromatic rings. The van der Waals surface area contributed by atoms with Crippen LogP contribution in [0.25, 0.3) is 0 Å². The number of aromatic hydroxyl groups is 1. The molecule has 0 aromatic heterocycles. The van der Waals surface area contributed by atoms with Crippen LogP contribution in [0.1, 0.15) is 50.7 Å². The minimum absolute atomic E-state index is 0.00420. The summed E-state index contributed by atoms with van der Waals surface area (Å²) in [5, 5.41) is 19.6. The van der Waals surface area contributed by atoms with Gasteiger partial charge in [0.15, 0.2) is 12.4 Å². The number of hydrogen-bond donors (Lipinski definition) is 4. The van der Waals surface area contributed by atoms with Gasteiger partial charge in [-0.2, -0.15) is 26.3 Å². The Morgan fingerprint density at radius 1 is 0.918 bits per heavy atom. The lowest BCUT2D eigenvalue weighted by molar-refractivity contribution is -0.193. The number of nitrogens with one attached hydrogen (secondary N) is 3. The highest BCUT2D eigenvalue weighted by molar-refractivity contribution is 6.41. The third-order valence-electron chi connectivity index (χ3n) is 7.43. The normalized spacial score (nSPS) is 13.3. The van der Waals surface area contributed by atoms with Crippen LogP contribution in [0.4, 0.5) is 32.0 Å². The van der Waals surface area contributed by atoms with E-state index < -0.39 is 23.9 Å². The van der Waals surface area contributed by atoms with Gasteiger partial charge in [-0.1, -0.05) is 56.2 Å². The second kappa shape index (κ2) is 19.7. The van der Waals surface area contributed by atoms with Gasteiger partial charge in [0, 0.05) is 32.1 Å². The zero-order valence-electron chi connectivity index (χ0n) is 27.3. The molecule has 4 N–H and O–H groups in total. The Labute approximate surface area is 280 Å². The summed E-state index contributed by atoms with van der Waals surface area (Å²) in [4.78, 5) is 45.9. The summed E-state index contributed by atoms with van der Waals surface area (Å²) in [7, 11) is 0. The van der Waals surface area contributed by atoms with E-state index in [1.54, 1.807) is 6.07 Å². The van der Waals surface area contributed by atoms with Crippen LogP contribution < -0.4 is 20.7 Å². The molecular formula is C33H42F6N4O6. The summed E-state index contributed by atoms with van der Waals surface area (Å²) in [6, 6.07) is 14.0. The van der Waals surface area contributed by atoms with Gasteiger partial charge in [-0.15, -0.1) is 0 Å². The van der Waals surface area contributed by atoms with Crippen molar-refractivity contribution in [1.29, 1.82) is 0 Å². The van der Waals surface area contributed by atoms with Crippen LogP contribution >= 0.6 is 0 Å².